The van der Waals surface area contributed by atoms with Gasteiger partial charge < -0.3 is 9.84 Å². The van der Waals surface area contributed by atoms with Crippen molar-refractivity contribution < 1.29 is 14.6 Å². The first kappa shape index (κ1) is 14.9. The molecule has 1 aromatic rings. The van der Waals surface area contributed by atoms with Gasteiger partial charge in [-0.15, -0.1) is 0 Å². The number of aliphatic hydroxyl groups is 1. The number of methoxy groups -OCH3 is 1. The Balaban J connectivity index is 2.64. The zero-order chi connectivity index (χ0) is 13.5. The summed E-state index contributed by atoms with van der Waals surface area (Å²) in [5, 5.41) is 10.2. The van der Waals surface area contributed by atoms with Gasteiger partial charge in [0.15, 0.2) is 0 Å². The van der Waals surface area contributed by atoms with Crippen LogP contribution in [0.5, 0.6) is 0 Å². The Labute approximate surface area is 116 Å². The molecule has 0 radical (unpaired) electrons. The molecule has 4 heteroatoms. The molecule has 0 fully saturated rings. The summed E-state index contributed by atoms with van der Waals surface area (Å²) in [4.78, 5) is 10.9. The standard InChI is InChI=1S/C14H17BrO3/c1-10(6-5-9-13(16)18-2)14(17)11-7-3-4-8-12(11)15/h3-8,10,14,17H,9H2,1-2H3/b6-5+/t10-,14+/m1/s1. The first-order chi connectivity index (χ1) is 8.56. The molecular formula is C14H17BrO3. The van der Waals surface area contributed by atoms with E-state index in [9.17, 15) is 9.90 Å². The van der Waals surface area contributed by atoms with Crippen LogP contribution < -0.4 is 0 Å². The van der Waals surface area contributed by atoms with Crippen molar-refractivity contribution in [2.45, 2.75) is 19.4 Å². The molecule has 18 heavy (non-hydrogen) atoms. The van der Waals surface area contributed by atoms with E-state index < -0.39 is 6.10 Å². The third kappa shape index (κ3) is 4.27. The highest BCUT2D eigenvalue weighted by atomic mass is 79.9. The van der Waals surface area contributed by atoms with Crippen molar-refractivity contribution in [2.75, 3.05) is 7.11 Å². The first-order valence-corrected chi connectivity index (χ1v) is 6.51. The smallest absolute Gasteiger partial charge is 0.309 e. The molecule has 1 aromatic carbocycles. The molecule has 0 aliphatic rings. The van der Waals surface area contributed by atoms with Gasteiger partial charge in [-0.2, -0.15) is 0 Å². The Kier molecular flexibility index (Phi) is 6.09. The van der Waals surface area contributed by atoms with Crippen molar-refractivity contribution in [2.24, 2.45) is 5.92 Å². The molecule has 0 saturated carbocycles. The molecule has 3 nitrogen and oxygen atoms in total. The van der Waals surface area contributed by atoms with Crippen molar-refractivity contribution >= 4 is 21.9 Å². The number of hydrogen-bond acceptors (Lipinski definition) is 3. The monoisotopic (exact) mass is 312 g/mol. The number of carbonyl (C=O) groups excluding carboxylic acids is 1. The van der Waals surface area contributed by atoms with E-state index in [2.05, 4.69) is 20.7 Å². The fourth-order valence-corrected chi connectivity index (χ4v) is 2.09. The molecule has 1 rings (SSSR count). The molecule has 0 heterocycles. The van der Waals surface area contributed by atoms with Gasteiger partial charge in [0.25, 0.3) is 0 Å². The fourth-order valence-electron chi connectivity index (χ4n) is 1.57. The van der Waals surface area contributed by atoms with Crippen LogP contribution in [0.15, 0.2) is 40.9 Å². The third-order valence-corrected chi connectivity index (χ3v) is 3.40. The minimum Gasteiger partial charge on any atom is -0.469 e. The lowest BCUT2D eigenvalue weighted by molar-refractivity contribution is -0.139. The van der Waals surface area contributed by atoms with Gasteiger partial charge in [0.2, 0.25) is 0 Å². The minimum absolute atomic E-state index is 0.0756. The van der Waals surface area contributed by atoms with Gasteiger partial charge in [-0.1, -0.05) is 53.2 Å². The second-order valence-corrected chi connectivity index (χ2v) is 4.89. The Morgan fingerprint density at radius 1 is 1.50 bits per heavy atom. The quantitative estimate of drug-likeness (QED) is 0.670. The van der Waals surface area contributed by atoms with Crippen LogP contribution in [0.25, 0.3) is 0 Å². The van der Waals surface area contributed by atoms with Crippen molar-refractivity contribution in [3.63, 3.8) is 0 Å². The van der Waals surface area contributed by atoms with Gasteiger partial charge in [-0.3, -0.25) is 4.79 Å². The van der Waals surface area contributed by atoms with E-state index in [0.717, 1.165) is 10.0 Å². The zero-order valence-corrected chi connectivity index (χ0v) is 12.1. The fraction of sp³-hybridized carbons (Fsp3) is 0.357. The summed E-state index contributed by atoms with van der Waals surface area (Å²) in [6, 6.07) is 7.55. The van der Waals surface area contributed by atoms with Crippen LogP contribution >= 0.6 is 15.9 Å². The lowest BCUT2D eigenvalue weighted by atomic mass is 9.97. The molecule has 0 aromatic heterocycles. The van der Waals surface area contributed by atoms with Crippen molar-refractivity contribution in [1.82, 2.24) is 0 Å². The van der Waals surface area contributed by atoms with Crippen LogP contribution in [-0.4, -0.2) is 18.2 Å². The van der Waals surface area contributed by atoms with Gasteiger partial charge in [0.1, 0.15) is 0 Å². The molecular weight excluding hydrogens is 296 g/mol. The molecule has 0 aliphatic heterocycles. The molecule has 2 atom stereocenters. The molecule has 98 valence electrons. The van der Waals surface area contributed by atoms with Gasteiger partial charge in [0.05, 0.1) is 19.6 Å². The number of carbonyl (C=O) groups is 1. The van der Waals surface area contributed by atoms with E-state index in [-0.39, 0.29) is 18.3 Å². The lowest BCUT2D eigenvalue weighted by Gasteiger charge is -2.17. The lowest BCUT2D eigenvalue weighted by Crippen LogP contribution is -2.07. The molecule has 0 saturated heterocycles. The summed E-state index contributed by atoms with van der Waals surface area (Å²) in [5.74, 6) is -0.359. The van der Waals surface area contributed by atoms with Gasteiger partial charge in [0, 0.05) is 10.4 Å². The maximum atomic E-state index is 10.9. The predicted molar refractivity (Wildman–Crippen MR) is 74.0 cm³/mol. The molecule has 0 unspecified atom stereocenters. The maximum Gasteiger partial charge on any atom is 0.309 e. The molecule has 0 bridgehead atoms. The Morgan fingerprint density at radius 2 is 2.17 bits per heavy atom. The van der Waals surface area contributed by atoms with E-state index >= 15 is 0 Å². The topological polar surface area (TPSA) is 46.5 Å². The van der Waals surface area contributed by atoms with Crippen molar-refractivity contribution in [3.8, 4) is 0 Å². The number of esters is 1. The summed E-state index contributed by atoms with van der Waals surface area (Å²) in [6.45, 7) is 1.90. The van der Waals surface area contributed by atoms with Gasteiger partial charge in [-0.25, -0.2) is 0 Å². The average molecular weight is 313 g/mol. The minimum atomic E-state index is -0.602. The number of ether oxygens (including phenoxy) is 1. The van der Waals surface area contributed by atoms with Crippen LogP contribution in [0.1, 0.15) is 25.0 Å². The SMILES string of the molecule is COC(=O)C/C=C/[C@@H](C)[C@H](O)c1ccccc1Br. The van der Waals surface area contributed by atoms with E-state index in [0.29, 0.717) is 0 Å². The first-order valence-electron chi connectivity index (χ1n) is 5.72. The van der Waals surface area contributed by atoms with Crippen molar-refractivity contribution in [3.05, 3.63) is 46.5 Å². The predicted octanol–water partition coefficient (Wildman–Crippen LogP) is 3.24. The number of halogens is 1. The Hall–Kier alpha value is -1.13. The largest absolute Gasteiger partial charge is 0.469 e. The Morgan fingerprint density at radius 3 is 2.78 bits per heavy atom. The highest BCUT2D eigenvalue weighted by molar-refractivity contribution is 9.10. The molecule has 0 amide bonds. The van der Waals surface area contributed by atoms with E-state index in [1.807, 2.05) is 37.3 Å². The highest BCUT2D eigenvalue weighted by Gasteiger charge is 2.16. The van der Waals surface area contributed by atoms with Crippen LogP contribution in [0.3, 0.4) is 0 Å². The van der Waals surface area contributed by atoms with Gasteiger partial charge >= 0.3 is 5.97 Å². The number of rotatable bonds is 5. The van der Waals surface area contributed by atoms with Crippen LogP contribution in [-0.2, 0) is 9.53 Å². The molecule has 0 aliphatic carbocycles. The summed E-state index contributed by atoms with van der Waals surface area (Å²) in [5.41, 5.74) is 0.840. The highest BCUT2D eigenvalue weighted by Crippen LogP contribution is 2.28. The van der Waals surface area contributed by atoms with E-state index in [4.69, 9.17) is 0 Å². The molecule has 1 N–H and O–H groups in total. The zero-order valence-electron chi connectivity index (χ0n) is 10.5. The van der Waals surface area contributed by atoms with Crippen molar-refractivity contribution in [1.29, 1.82) is 0 Å². The van der Waals surface area contributed by atoms with Crippen LogP contribution in [0.4, 0.5) is 0 Å². The number of hydrogen-bond donors (Lipinski definition) is 1. The second-order valence-electron chi connectivity index (χ2n) is 4.03. The third-order valence-electron chi connectivity index (χ3n) is 2.67. The summed E-state index contributed by atoms with van der Waals surface area (Å²) in [6.07, 6.45) is 3.16. The van der Waals surface area contributed by atoms with Crippen LogP contribution in [0.2, 0.25) is 0 Å². The maximum absolute atomic E-state index is 10.9. The second kappa shape index (κ2) is 7.34. The molecule has 0 spiro atoms. The van der Waals surface area contributed by atoms with E-state index in [1.165, 1.54) is 7.11 Å². The summed E-state index contributed by atoms with van der Waals surface area (Å²) < 4.78 is 5.42. The van der Waals surface area contributed by atoms with Gasteiger partial charge in [-0.05, 0) is 11.6 Å². The van der Waals surface area contributed by atoms with E-state index in [1.54, 1.807) is 6.08 Å². The summed E-state index contributed by atoms with van der Waals surface area (Å²) in [7, 11) is 1.36. The normalized spacial score (nSPS) is 14.4. The average Bonchev–Trinajstić information content (AvgIpc) is 2.38. The number of benzene rings is 1. The number of aliphatic hydroxyl groups excluding tert-OH is 1. The summed E-state index contributed by atoms with van der Waals surface area (Å²) >= 11 is 3.41. The van der Waals surface area contributed by atoms with Crippen LogP contribution in [0, 0.1) is 5.92 Å². The Bertz CT molecular complexity index is 429.